The zero-order chi connectivity index (χ0) is 11.7. The van der Waals surface area contributed by atoms with Crippen LogP contribution in [-0.4, -0.2) is 5.78 Å². The van der Waals surface area contributed by atoms with Gasteiger partial charge in [-0.3, -0.25) is 4.79 Å². The number of hydrogen-bond acceptors (Lipinski definition) is 3. The molecule has 0 bridgehead atoms. The van der Waals surface area contributed by atoms with Crippen molar-refractivity contribution in [2.75, 3.05) is 5.73 Å². The summed E-state index contributed by atoms with van der Waals surface area (Å²) < 4.78 is 13.0. The van der Waals surface area contributed by atoms with E-state index in [0.717, 1.165) is 4.88 Å². The molecule has 0 radical (unpaired) electrons. The average Bonchev–Trinajstić information content (AvgIpc) is 2.67. The molecule has 2 N–H and O–H groups in total. The zero-order valence-corrected chi connectivity index (χ0v) is 9.48. The third-order valence-corrected chi connectivity index (χ3v) is 3.22. The van der Waals surface area contributed by atoms with Crippen molar-refractivity contribution in [2.45, 2.75) is 6.92 Å². The Morgan fingerprint density at radius 1 is 1.31 bits per heavy atom. The van der Waals surface area contributed by atoms with Crippen LogP contribution in [0.15, 0.2) is 30.3 Å². The van der Waals surface area contributed by atoms with Crippen LogP contribution in [0.25, 0.3) is 0 Å². The predicted octanol–water partition coefficient (Wildman–Crippen LogP) is 3.01. The van der Waals surface area contributed by atoms with Gasteiger partial charge in [0, 0.05) is 16.1 Å². The van der Waals surface area contributed by atoms with Crippen molar-refractivity contribution >= 4 is 22.8 Å². The third kappa shape index (κ3) is 1.97. The molecule has 0 saturated carbocycles. The lowest BCUT2D eigenvalue weighted by Gasteiger charge is -2.02. The number of thiophene rings is 1. The van der Waals surface area contributed by atoms with E-state index in [0.29, 0.717) is 10.6 Å². The quantitative estimate of drug-likeness (QED) is 0.642. The highest BCUT2D eigenvalue weighted by molar-refractivity contribution is 7.14. The van der Waals surface area contributed by atoms with Gasteiger partial charge in [-0.15, -0.1) is 11.3 Å². The summed E-state index contributed by atoms with van der Waals surface area (Å²) >= 11 is 1.38. The van der Waals surface area contributed by atoms with Crippen molar-refractivity contribution in [2.24, 2.45) is 0 Å². The Balaban J connectivity index is 2.45. The molecule has 0 fully saturated rings. The smallest absolute Gasteiger partial charge is 0.205 e. The van der Waals surface area contributed by atoms with Crippen LogP contribution in [0.1, 0.15) is 20.1 Å². The van der Waals surface area contributed by atoms with Crippen molar-refractivity contribution in [3.8, 4) is 0 Å². The van der Waals surface area contributed by atoms with Crippen LogP contribution in [0, 0.1) is 12.7 Å². The highest BCUT2D eigenvalue weighted by Gasteiger charge is 2.14. The molecule has 0 atom stereocenters. The summed E-state index contributed by atoms with van der Waals surface area (Å²) in [5, 5.41) is 0. The molecule has 0 unspecified atom stereocenters. The molecule has 0 aliphatic heterocycles. The number of carbonyl (C=O) groups excluding carboxylic acids is 1. The van der Waals surface area contributed by atoms with E-state index in [1.807, 2.05) is 13.0 Å². The van der Waals surface area contributed by atoms with E-state index in [9.17, 15) is 9.18 Å². The highest BCUT2D eigenvalue weighted by Crippen LogP contribution is 2.22. The van der Waals surface area contributed by atoms with Crippen LogP contribution in [0.4, 0.5) is 10.1 Å². The monoisotopic (exact) mass is 235 g/mol. The van der Waals surface area contributed by atoms with Gasteiger partial charge >= 0.3 is 0 Å². The number of carbonyl (C=O) groups is 1. The first-order valence-corrected chi connectivity index (χ1v) is 5.56. The molecular weight excluding hydrogens is 225 g/mol. The standard InChI is InChI=1S/C12H10FNOS/c1-7-2-5-11(16-7)12(15)9-6-8(13)3-4-10(9)14/h2-6H,14H2,1H3. The first kappa shape index (κ1) is 10.8. The molecule has 0 amide bonds. The molecule has 0 aliphatic rings. The molecule has 0 aliphatic carbocycles. The fourth-order valence-electron chi connectivity index (χ4n) is 1.41. The van der Waals surface area contributed by atoms with Gasteiger partial charge in [-0.05, 0) is 37.3 Å². The Hall–Kier alpha value is -1.68. The Labute approximate surface area is 96.5 Å². The molecule has 0 saturated heterocycles. The lowest BCUT2D eigenvalue weighted by Crippen LogP contribution is -2.04. The summed E-state index contributed by atoms with van der Waals surface area (Å²) in [5.74, 6) is -0.680. The maximum atomic E-state index is 13.0. The summed E-state index contributed by atoms with van der Waals surface area (Å²) in [6, 6.07) is 7.40. The predicted molar refractivity (Wildman–Crippen MR) is 63.3 cm³/mol. The van der Waals surface area contributed by atoms with Crippen molar-refractivity contribution < 1.29 is 9.18 Å². The molecular formula is C12H10FNOS. The van der Waals surface area contributed by atoms with Gasteiger partial charge in [0.05, 0.1) is 4.88 Å². The van der Waals surface area contributed by atoms with Gasteiger partial charge in [0.15, 0.2) is 0 Å². The number of hydrogen-bond donors (Lipinski definition) is 1. The van der Waals surface area contributed by atoms with Crippen molar-refractivity contribution in [3.05, 3.63) is 51.5 Å². The molecule has 2 aromatic rings. The molecule has 82 valence electrons. The summed E-state index contributed by atoms with van der Waals surface area (Å²) in [5.41, 5.74) is 6.18. The summed E-state index contributed by atoms with van der Waals surface area (Å²) in [6.45, 7) is 1.91. The van der Waals surface area contributed by atoms with Gasteiger partial charge in [0.25, 0.3) is 0 Å². The third-order valence-electron chi connectivity index (χ3n) is 2.22. The summed E-state index contributed by atoms with van der Waals surface area (Å²) in [4.78, 5) is 13.6. The summed E-state index contributed by atoms with van der Waals surface area (Å²) in [6.07, 6.45) is 0. The second kappa shape index (κ2) is 4.06. The highest BCUT2D eigenvalue weighted by atomic mass is 32.1. The first-order valence-electron chi connectivity index (χ1n) is 4.74. The largest absolute Gasteiger partial charge is 0.398 e. The van der Waals surface area contributed by atoms with Crippen molar-refractivity contribution in [1.82, 2.24) is 0 Å². The van der Waals surface area contributed by atoms with Gasteiger partial charge in [-0.1, -0.05) is 0 Å². The number of benzene rings is 1. The SMILES string of the molecule is Cc1ccc(C(=O)c2cc(F)ccc2N)s1. The Morgan fingerprint density at radius 2 is 2.06 bits per heavy atom. The minimum atomic E-state index is -0.453. The van der Waals surface area contributed by atoms with Crippen LogP contribution < -0.4 is 5.73 Å². The number of ketones is 1. The Morgan fingerprint density at radius 3 is 2.69 bits per heavy atom. The van der Waals surface area contributed by atoms with Crippen LogP contribution >= 0.6 is 11.3 Å². The normalized spacial score (nSPS) is 10.4. The molecule has 0 spiro atoms. The van der Waals surface area contributed by atoms with Crippen molar-refractivity contribution in [1.29, 1.82) is 0 Å². The minimum Gasteiger partial charge on any atom is -0.398 e. The fraction of sp³-hybridized carbons (Fsp3) is 0.0833. The molecule has 16 heavy (non-hydrogen) atoms. The van der Waals surface area contributed by atoms with Gasteiger partial charge < -0.3 is 5.73 Å². The second-order valence-corrected chi connectivity index (χ2v) is 4.76. The van der Waals surface area contributed by atoms with Crippen molar-refractivity contribution in [3.63, 3.8) is 0 Å². The minimum absolute atomic E-state index is 0.224. The molecule has 1 heterocycles. The number of aryl methyl sites for hydroxylation is 1. The lowest BCUT2D eigenvalue weighted by atomic mass is 10.1. The number of anilines is 1. The Bertz CT molecular complexity index is 548. The van der Waals surface area contributed by atoms with E-state index in [1.54, 1.807) is 6.07 Å². The van der Waals surface area contributed by atoms with Crippen LogP contribution in [-0.2, 0) is 0 Å². The number of rotatable bonds is 2. The second-order valence-electron chi connectivity index (χ2n) is 3.47. The Kier molecular flexibility index (Phi) is 2.75. The molecule has 4 heteroatoms. The maximum absolute atomic E-state index is 13.0. The van der Waals surface area contributed by atoms with E-state index in [-0.39, 0.29) is 11.3 Å². The first-order chi connectivity index (χ1) is 7.58. The van der Waals surface area contributed by atoms with E-state index >= 15 is 0 Å². The maximum Gasteiger partial charge on any atom is 0.205 e. The molecule has 2 nitrogen and oxygen atoms in total. The molecule has 1 aromatic carbocycles. The number of nitrogens with two attached hydrogens (primary N) is 1. The van der Waals surface area contributed by atoms with Crippen LogP contribution in [0.5, 0.6) is 0 Å². The summed E-state index contributed by atoms with van der Waals surface area (Å²) in [7, 11) is 0. The van der Waals surface area contributed by atoms with Gasteiger partial charge in [0.2, 0.25) is 5.78 Å². The fourth-order valence-corrected chi connectivity index (χ4v) is 2.24. The van der Waals surface area contributed by atoms with Crippen LogP contribution in [0.2, 0.25) is 0 Å². The van der Waals surface area contributed by atoms with E-state index in [4.69, 9.17) is 5.73 Å². The van der Waals surface area contributed by atoms with Gasteiger partial charge in [0.1, 0.15) is 5.82 Å². The zero-order valence-electron chi connectivity index (χ0n) is 8.66. The molecule has 2 rings (SSSR count). The van der Waals surface area contributed by atoms with E-state index in [2.05, 4.69) is 0 Å². The number of nitrogen functional groups attached to an aromatic ring is 1. The van der Waals surface area contributed by atoms with Gasteiger partial charge in [-0.2, -0.15) is 0 Å². The van der Waals surface area contributed by atoms with Crippen LogP contribution in [0.3, 0.4) is 0 Å². The van der Waals surface area contributed by atoms with Gasteiger partial charge in [-0.25, -0.2) is 4.39 Å². The van der Waals surface area contributed by atoms with E-state index in [1.165, 1.54) is 29.5 Å². The average molecular weight is 235 g/mol. The number of halogens is 1. The topological polar surface area (TPSA) is 43.1 Å². The lowest BCUT2D eigenvalue weighted by molar-refractivity contribution is 0.104. The van der Waals surface area contributed by atoms with E-state index < -0.39 is 5.82 Å². The molecule has 1 aromatic heterocycles.